The summed E-state index contributed by atoms with van der Waals surface area (Å²) in [7, 11) is 0. The minimum Gasteiger partial charge on any atom is -0.325 e. The van der Waals surface area contributed by atoms with E-state index < -0.39 is 29.9 Å². The second-order valence-electron chi connectivity index (χ2n) is 6.63. The zero-order chi connectivity index (χ0) is 20.3. The van der Waals surface area contributed by atoms with E-state index in [9.17, 15) is 19.2 Å². The highest BCUT2D eigenvalue weighted by Crippen LogP contribution is 2.32. The van der Waals surface area contributed by atoms with Gasteiger partial charge in [0.15, 0.2) is 5.78 Å². The van der Waals surface area contributed by atoms with Gasteiger partial charge in [0.1, 0.15) is 12.1 Å². The van der Waals surface area contributed by atoms with Gasteiger partial charge in [0.2, 0.25) is 5.91 Å². The van der Waals surface area contributed by atoms with E-state index in [1.165, 1.54) is 6.92 Å². The summed E-state index contributed by atoms with van der Waals surface area (Å²) in [6, 6.07) is 14.8. The van der Waals surface area contributed by atoms with Gasteiger partial charge in [-0.1, -0.05) is 37.3 Å². The number of nitrogens with one attached hydrogen (secondary N) is 2. The maximum Gasteiger partial charge on any atom is 0.325 e. The molecule has 4 amide bonds. The van der Waals surface area contributed by atoms with Gasteiger partial charge in [0, 0.05) is 11.3 Å². The molecule has 1 heterocycles. The van der Waals surface area contributed by atoms with Crippen molar-refractivity contribution in [2.75, 3.05) is 11.9 Å². The number of imide groups is 1. The van der Waals surface area contributed by atoms with Crippen molar-refractivity contribution in [3.05, 3.63) is 65.7 Å². The molecule has 0 aromatic heterocycles. The van der Waals surface area contributed by atoms with Crippen LogP contribution >= 0.6 is 0 Å². The van der Waals surface area contributed by atoms with Gasteiger partial charge in [-0.05, 0) is 43.2 Å². The molecule has 0 bridgehead atoms. The van der Waals surface area contributed by atoms with Crippen LogP contribution < -0.4 is 10.6 Å². The second-order valence-corrected chi connectivity index (χ2v) is 6.63. The first kappa shape index (κ1) is 19.3. The molecule has 0 spiro atoms. The molecule has 1 aliphatic rings. The first-order chi connectivity index (χ1) is 13.4. The van der Waals surface area contributed by atoms with Crippen LogP contribution in [0.1, 0.15) is 36.2 Å². The van der Waals surface area contributed by atoms with Crippen LogP contribution in [0.4, 0.5) is 10.5 Å². The highest BCUT2D eigenvalue weighted by atomic mass is 16.2. The standard InChI is InChI=1S/C21H21N3O4/c1-3-21(16-7-5-4-6-8-16)19(27)24(20(28)23-21)13-18(26)22-17-11-9-15(10-12-17)14(2)25/h4-12H,3,13H2,1-2H3,(H,22,26)(H,23,28)/t21-/m1/s1. The molecular formula is C21H21N3O4. The van der Waals surface area contributed by atoms with Gasteiger partial charge < -0.3 is 10.6 Å². The van der Waals surface area contributed by atoms with E-state index in [0.29, 0.717) is 23.2 Å². The van der Waals surface area contributed by atoms with Crippen LogP contribution in [0.25, 0.3) is 0 Å². The van der Waals surface area contributed by atoms with Crippen LogP contribution in [0.3, 0.4) is 0 Å². The van der Waals surface area contributed by atoms with E-state index in [4.69, 9.17) is 0 Å². The molecule has 0 aliphatic carbocycles. The van der Waals surface area contributed by atoms with Crippen LogP contribution in [-0.2, 0) is 15.1 Å². The number of ketones is 1. The van der Waals surface area contributed by atoms with E-state index in [0.717, 1.165) is 4.90 Å². The van der Waals surface area contributed by atoms with E-state index in [1.807, 2.05) is 13.0 Å². The Morgan fingerprint density at radius 2 is 1.68 bits per heavy atom. The third-order valence-corrected chi connectivity index (χ3v) is 4.85. The summed E-state index contributed by atoms with van der Waals surface area (Å²) in [5.41, 5.74) is 0.523. The van der Waals surface area contributed by atoms with Crippen molar-refractivity contribution < 1.29 is 19.2 Å². The predicted octanol–water partition coefficient (Wildman–Crippen LogP) is 2.69. The zero-order valence-corrected chi connectivity index (χ0v) is 15.7. The average molecular weight is 379 g/mol. The zero-order valence-electron chi connectivity index (χ0n) is 15.7. The predicted molar refractivity (Wildman–Crippen MR) is 104 cm³/mol. The maximum atomic E-state index is 13.0. The fourth-order valence-electron chi connectivity index (χ4n) is 3.26. The summed E-state index contributed by atoms with van der Waals surface area (Å²) in [6.45, 7) is 2.87. The summed E-state index contributed by atoms with van der Waals surface area (Å²) in [4.78, 5) is 50.0. The Labute approximate surface area is 162 Å². The number of hydrogen-bond donors (Lipinski definition) is 2. The van der Waals surface area contributed by atoms with E-state index in [2.05, 4.69) is 10.6 Å². The van der Waals surface area contributed by atoms with Crippen LogP contribution in [-0.4, -0.2) is 35.1 Å². The van der Waals surface area contributed by atoms with Gasteiger partial charge in [-0.3, -0.25) is 19.3 Å². The van der Waals surface area contributed by atoms with E-state index in [-0.39, 0.29) is 5.78 Å². The molecule has 2 N–H and O–H groups in total. The van der Waals surface area contributed by atoms with Crippen molar-refractivity contribution in [1.29, 1.82) is 0 Å². The molecule has 1 aliphatic heterocycles. The van der Waals surface area contributed by atoms with E-state index >= 15 is 0 Å². The van der Waals surface area contributed by atoms with Gasteiger partial charge in [-0.2, -0.15) is 0 Å². The molecule has 2 aromatic rings. The summed E-state index contributed by atoms with van der Waals surface area (Å²) in [5, 5.41) is 5.38. The molecule has 0 unspecified atom stereocenters. The lowest BCUT2D eigenvalue weighted by Crippen LogP contribution is -2.44. The van der Waals surface area contributed by atoms with Crippen molar-refractivity contribution >= 4 is 29.3 Å². The molecule has 1 saturated heterocycles. The number of anilines is 1. The quantitative estimate of drug-likeness (QED) is 0.596. The first-order valence-electron chi connectivity index (χ1n) is 8.98. The Balaban J connectivity index is 1.73. The third kappa shape index (κ3) is 3.51. The summed E-state index contributed by atoms with van der Waals surface area (Å²) in [6.07, 6.45) is 0.367. The Bertz CT molecular complexity index is 924. The normalized spacial score (nSPS) is 18.7. The second kappa shape index (κ2) is 7.64. The minimum absolute atomic E-state index is 0.0750. The summed E-state index contributed by atoms with van der Waals surface area (Å²) in [5.74, 6) is -1.03. The average Bonchev–Trinajstić information content (AvgIpc) is 2.94. The Hall–Kier alpha value is -3.48. The fraction of sp³-hybridized carbons (Fsp3) is 0.238. The van der Waals surface area contributed by atoms with Crippen molar-refractivity contribution in [1.82, 2.24) is 10.2 Å². The third-order valence-electron chi connectivity index (χ3n) is 4.85. The molecule has 7 heteroatoms. The Kier molecular flexibility index (Phi) is 5.26. The number of hydrogen-bond acceptors (Lipinski definition) is 4. The van der Waals surface area contributed by atoms with Gasteiger partial charge in [-0.25, -0.2) is 4.79 Å². The summed E-state index contributed by atoms with van der Waals surface area (Å²) < 4.78 is 0. The molecule has 28 heavy (non-hydrogen) atoms. The fourth-order valence-corrected chi connectivity index (χ4v) is 3.26. The lowest BCUT2D eigenvalue weighted by atomic mass is 9.87. The van der Waals surface area contributed by atoms with Crippen molar-refractivity contribution in [2.45, 2.75) is 25.8 Å². The van der Waals surface area contributed by atoms with Crippen molar-refractivity contribution in [3.8, 4) is 0 Å². The lowest BCUT2D eigenvalue weighted by Gasteiger charge is -2.25. The number of rotatable bonds is 6. The molecule has 0 saturated carbocycles. The number of benzene rings is 2. The number of carbonyl (C=O) groups is 4. The van der Waals surface area contributed by atoms with Crippen LogP contribution in [0.2, 0.25) is 0 Å². The molecule has 7 nitrogen and oxygen atoms in total. The number of Topliss-reactive ketones (excluding diaryl/α,β-unsaturated/α-hetero) is 1. The molecule has 144 valence electrons. The van der Waals surface area contributed by atoms with Crippen LogP contribution in [0, 0.1) is 0 Å². The number of carbonyl (C=O) groups excluding carboxylic acids is 4. The van der Waals surface area contributed by atoms with Crippen molar-refractivity contribution in [2.24, 2.45) is 0 Å². The Morgan fingerprint density at radius 3 is 2.25 bits per heavy atom. The smallest absolute Gasteiger partial charge is 0.325 e. The monoisotopic (exact) mass is 379 g/mol. The van der Waals surface area contributed by atoms with Crippen LogP contribution in [0.5, 0.6) is 0 Å². The largest absolute Gasteiger partial charge is 0.325 e. The van der Waals surface area contributed by atoms with Crippen molar-refractivity contribution in [3.63, 3.8) is 0 Å². The minimum atomic E-state index is -1.16. The molecular weight excluding hydrogens is 358 g/mol. The molecule has 0 radical (unpaired) electrons. The topological polar surface area (TPSA) is 95.6 Å². The van der Waals surface area contributed by atoms with Gasteiger partial charge >= 0.3 is 6.03 Å². The summed E-state index contributed by atoms with van der Waals surface area (Å²) >= 11 is 0. The molecule has 1 fully saturated rings. The number of urea groups is 1. The Morgan fingerprint density at radius 1 is 1.04 bits per heavy atom. The first-order valence-corrected chi connectivity index (χ1v) is 8.98. The SMILES string of the molecule is CC[C@]1(c2ccccc2)NC(=O)N(CC(=O)Nc2ccc(C(C)=O)cc2)C1=O. The van der Waals surface area contributed by atoms with Gasteiger partial charge in [0.05, 0.1) is 0 Å². The highest BCUT2D eigenvalue weighted by molar-refractivity contribution is 6.10. The maximum absolute atomic E-state index is 13.0. The van der Waals surface area contributed by atoms with Crippen LogP contribution in [0.15, 0.2) is 54.6 Å². The van der Waals surface area contributed by atoms with Gasteiger partial charge in [-0.15, -0.1) is 0 Å². The lowest BCUT2D eigenvalue weighted by molar-refractivity contribution is -0.134. The highest BCUT2D eigenvalue weighted by Gasteiger charge is 2.51. The molecule has 1 atom stereocenters. The number of amides is 4. The molecule has 3 rings (SSSR count). The van der Waals surface area contributed by atoms with E-state index in [1.54, 1.807) is 48.5 Å². The number of nitrogens with zero attached hydrogens (tertiary/aromatic N) is 1. The van der Waals surface area contributed by atoms with Gasteiger partial charge in [0.25, 0.3) is 5.91 Å². The molecule has 2 aromatic carbocycles.